The highest BCUT2D eigenvalue weighted by Gasteiger charge is 2.10. The van der Waals surface area contributed by atoms with E-state index in [0.29, 0.717) is 12.1 Å². The van der Waals surface area contributed by atoms with E-state index >= 15 is 0 Å². The molecule has 0 aliphatic rings. The normalized spacial score (nSPS) is 9.77. The van der Waals surface area contributed by atoms with E-state index in [4.69, 9.17) is 5.73 Å². The Balaban J connectivity index is 3.06. The van der Waals surface area contributed by atoms with Crippen LogP contribution in [0.4, 0.5) is 0 Å². The molecule has 0 bridgehead atoms. The van der Waals surface area contributed by atoms with Crippen LogP contribution in [0.3, 0.4) is 0 Å². The van der Waals surface area contributed by atoms with Crippen LogP contribution in [0.15, 0.2) is 24.3 Å². The fourth-order valence-corrected chi connectivity index (χ4v) is 1.15. The topological polar surface area (TPSA) is 46.3 Å². The monoisotopic (exact) mass is 178 g/mol. The maximum atomic E-state index is 11.6. The summed E-state index contributed by atoms with van der Waals surface area (Å²) in [5, 5.41) is 0. The van der Waals surface area contributed by atoms with E-state index in [1.54, 1.807) is 25.1 Å². The fraction of sp³-hybridized carbons (Fsp3) is 0.300. The summed E-state index contributed by atoms with van der Waals surface area (Å²) in [5.41, 5.74) is 7.10. The van der Waals surface area contributed by atoms with E-state index in [-0.39, 0.29) is 5.91 Å². The van der Waals surface area contributed by atoms with Gasteiger partial charge in [-0.25, -0.2) is 0 Å². The maximum Gasteiger partial charge on any atom is 0.253 e. The molecule has 1 aromatic rings. The second-order valence-electron chi connectivity index (χ2n) is 3.06. The van der Waals surface area contributed by atoms with Gasteiger partial charge in [0.25, 0.3) is 5.91 Å². The third-order valence-corrected chi connectivity index (χ3v) is 1.87. The first kappa shape index (κ1) is 9.74. The predicted octanol–water partition coefficient (Wildman–Crippen LogP) is 0.847. The lowest BCUT2D eigenvalue weighted by Crippen LogP contribution is -2.23. The summed E-state index contributed by atoms with van der Waals surface area (Å²) < 4.78 is 0. The molecular formula is C10H14N2O. The number of amides is 1. The van der Waals surface area contributed by atoms with Gasteiger partial charge in [0.15, 0.2) is 0 Å². The molecule has 0 saturated carbocycles. The Labute approximate surface area is 78.2 Å². The minimum Gasteiger partial charge on any atom is -0.345 e. The van der Waals surface area contributed by atoms with E-state index < -0.39 is 0 Å². The Hall–Kier alpha value is -1.35. The van der Waals surface area contributed by atoms with Gasteiger partial charge in [0.2, 0.25) is 0 Å². The molecule has 0 heterocycles. The molecule has 0 unspecified atom stereocenters. The van der Waals surface area contributed by atoms with Gasteiger partial charge in [-0.3, -0.25) is 4.79 Å². The highest BCUT2D eigenvalue weighted by Crippen LogP contribution is 2.09. The molecule has 2 N–H and O–H groups in total. The number of nitrogens with two attached hydrogens (primary N) is 1. The zero-order valence-corrected chi connectivity index (χ0v) is 7.95. The number of benzene rings is 1. The summed E-state index contributed by atoms with van der Waals surface area (Å²) in [7, 11) is 3.46. The summed E-state index contributed by atoms with van der Waals surface area (Å²) in [6.45, 7) is 0.399. The van der Waals surface area contributed by atoms with Gasteiger partial charge in [-0.15, -0.1) is 0 Å². The molecule has 0 saturated heterocycles. The molecule has 3 heteroatoms. The second-order valence-corrected chi connectivity index (χ2v) is 3.06. The van der Waals surface area contributed by atoms with Crippen LogP contribution in [-0.4, -0.2) is 24.9 Å². The van der Waals surface area contributed by atoms with Crippen LogP contribution in [0.2, 0.25) is 0 Å². The standard InChI is InChI=1S/C10H14N2O/c1-12(2)10(13)9-6-4-3-5-8(9)7-11/h3-6H,7,11H2,1-2H3. The summed E-state index contributed by atoms with van der Waals surface area (Å²) in [6, 6.07) is 7.39. The Morgan fingerprint density at radius 1 is 1.38 bits per heavy atom. The molecule has 0 atom stereocenters. The van der Waals surface area contributed by atoms with E-state index in [1.807, 2.05) is 18.2 Å². The predicted molar refractivity (Wildman–Crippen MR) is 52.4 cm³/mol. The second kappa shape index (κ2) is 4.05. The van der Waals surface area contributed by atoms with Gasteiger partial charge in [0.1, 0.15) is 0 Å². The van der Waals surface area contributed by atoms with Crippen LogP contribution in [0, 0.1) is 0 Å². The van der Waals surface area contributed by atoms with E-state index in [9.17, 15) is 4.79 Å². The SMILES string of the molecule is CN(C)C(=O)c1ccccc1CN. The van der Waals surface area contributed by atoms with Crippen LogP contribution in [0.5, 0.6) is 0 Å². The first-order valence-electron chi connectivity index (χ1n) is 4.16. The number of nitrogens with zero attached hydrogens (tertiary/aromatic N) is 1. The average molecular weight is 178 g/mol. The van der Waals surface area contributed by atoms with E-state index in [2.05, 4.69) is 0 Å². The van der Waals surface area contributed by atoms with Crippen molar-refractivity contribution in [3.63, 3.8) is 0 Å². The molecule has 70 valence electrons. The van der Waals surface area contributed by atoms with Crippen molar-refractivity contribution in [3.8, 4) is 0 Å². The van der Waals surface area contributed by atoms with E-state index in [0.717, 1.165) is 5.56 Å². The maximum absolute atomic E-state index is 11.6. The molecule has 0 aliphatic carbocycles. The van der Waals surface area contributed by atoms with Gasteiger partial charge < -0.3 is 10.6 Å². The molecule has 3 nitrogen and oxygen atoms in total. The molecular weight excluding hydrogens is 164 g/mol. The average Bonchev–Trinajstić information content (AvgIpc) is 2.16. The Bertz CT molecular complexity index is 308. The molecule has 0 radical (unpaired) electrons. The summed E-state index contributed by atoms with van der Waals surface area (Å²) >= 11 is 0. The zero-order chi connectivity index (χ0) is 9.84. The highest BCUT2D eigenvalue weighted by molar-refractivity contribution is 5.95. The largest absolute Gasteiger partial charge is 0.345 e. The Morgan fingerprint density at radius 2 is 2.00 bits per heavy atom. The Kier molecular flexibility index (Phi) is 3.03. The van der Waals surface area contributed by atoms with Crippen LogP contribution < -0.4 is 5.73 Å². The van der Waals surface area contributed by atoms with Gasteiger partial charge in [-0.05, 0) is 11.6 Å². The van der Waals surface area contributed by atoms with Gasteiger partial charge in [-0.2, -0.15) is 0 Å². The molecule has 0 fully saturated rings. The minimum atomic E-state index is 0.000972. The van der Waals surface area contributed by atoms with Gasteiger partial charge in [-0.1, -0.05) is 18.2 Å². The van der Waals surface area contributed by atoms with Crippen LogP contribution >= 0.6 is 0 Å². The molecule has 1 amide bonds. The van der Waals surface area contributed by atoms with Crippen molar-refractivity contribution < 1.29 is 4.79 Å². The number of hydrogen-bond acceptors (Lipinski definition) is 2. The Morgan fingerprint density at radius 3 is 2.54 bits per heavy atom. The summed E-state index contributed by atoms with van der Waals surface area (Å²) in [5.74, 6) is 0.000972. The van der Waals surface area contributed by atoms with Crippen LogP contribution in [0.1, 0.15) is 15.9 Å². The van der Waals surface area contributed by atoms with Gasteiger partial charge >= 0.3 is 0 Å². The quantitative estimate of drug-likeness (QED) is 0.729. The third kappa shape index (κ3) is 2.06. The van der Waals surface area contributed by atoms with Crippen molar-refractivity contribution in [2.75, 3.05) is 14.1 Å². The number of carbonyl (C=O) groups is 1. The zero-order valence-electron chi connectivity index (χ0n) is 7.95. The lowest BCUT2D eigenvalue weighted by atomic mass is 10.1. The van der Waals surface area contributed by atoms with E-state index in [1.165, 1.54) is 0 Å². The number of hydrogen-bond donors (Lipinski definition) is 1. The van der Waals surface area contributed by atoms with Crippen molar-refractivity contribution in [1.82, 2.24) is 4.90 Å². The minimum absolute atomic E-state index is 0.000972. The smallest absolute Gasteiger partial charge is 0.253 e. The van der Waals surface area contributed by atoms with Gasteiger partial charge in [0.05, 0.1) is 0 Å². The summed E-state index contributed by atoms with van der Waals surface area (Å²) in [6.07, 6.45) is 0. The first-order valence-corrected chi connectivity index (χ1v) is 4.16. The molecule has 13 heavy (non-hydrogen) atoms. The molecule has 1 aromatic carbocycles. The first-order chi connectivity index (χ1) is 6.16. The number of rotatable bonds is 2. The third-order valence-electron chi connectivity index (χ3n) is 1.87. The lowest BCUT2D eigenvalue weighted by molar-refractivity contribution is 0.0826. The van der Waals surface area contributed by atoms with Crippen molar-refractivity contribution in [2.45, 2.75) is 6.54 Å². The molecule has 0 aromatic heterocycles. The van der Waals surface area contributed by atoms with Gasteiger partial charge in [0, 0.05) is 26.2 Å². The van der Waals surface area contributed by atoms with Crippen molar-refractivity contribution in [2.24, 2.45) is 5.73 Å². The molecule has 0 aliphatic heterocycles. The van der Waals surface area contributed by atoms with Crippen molar-refractivity contribution in [1.29, 1.82) is 0 Å². The van der Waals surface area contributed by atoms with Crippen molar-refractivity contribution >= 4 is 5.91 Å². The van der Waals surface area contributed by atoms with Crippen molar-refractivity contribution in [3.05, 3.63) is 35.4 Å². The lowest BCUT2D eigenvalue weighted by Gasteiger charge is -2.12. The summed E-state index contributed by atoms with van der Waals surface area (Å²) in [4.78, 5) is 13.1. The number of carbonyl (C=O) groups excluding carboxylic acids is 1. The molecule has 0 spiro atoms. The highest BCUT2D eigenvalue weighted by atomic mass is 16.2. The fourth-order valence-electron chi connectivity index (χ4n) is 1.15. The van der Waals surface area contributed by atoms with Crippen LogP contribution in [0.25, 0.3) is 0 Å². The molecule has 1 rings (SSSR count). The van der Waals surface area contributed by atoms with Crippen LogP contribution in [-0.2, 0) is 6.54 Å².